The molecule has 0 radical (unpaired) electrons. The predicted molar refractivity (Wildman–Crippen MR) is 123 cm³/mol. The lowest BCUT2D eigenvalue weighted by molar-refractivity contribution is -0.116. The third kappa shape index (κ3) is 2.81. The van der Waals surface area contributed by atoms with Gasteiger partial charge in [-0.2, -0.15) is 0 Å². The van der Waals surface area contributed by atoms with Gasteiger partial charge in [0, 0.05) is 21.5 Å². The highest BCUT2D eigenvalue weighted by Gasteiger charge is 2.54. The zero-order valence-corrected chi connectivity index (χ0v) is 19.2. The molecule has 0 saturated carbocycles. The van der Waals surface area contributed by atoms with Crippen LogP contribution in [0.2, 0.25) is 5.02 Å². The molecule has 3 amide bonds. The van der Waals surface area contributed by atoms with Crippen LogP contribution in [0.4, 0.5) is 10.5 Å². The van der Waals surface area contributed by atoms with Gasteiger partial charge in [0.2, 0.25) is 0 Å². The first-order valence-electron chi connectivity index (χ1n) is 10.1. The second-order valence-corrected chi connectivity index (χ2v) is 10.6. The Kier molecular flexibility index (Phi) is 4.24. The molecule has 31 heavy (non-hydrogen) atoms. The van der Waals surface area contributed by atoms with E-state index >= 15 is 0 Å². The fraction of sp³-hybridized carbons (Fsp3) is 0.292. The summed E-state index contributed by atoms with van der Waals surface area (Å²) in [6.07, 6.45) is 0.699. The van der Waals surface area contributed by atoms with Gasteiger partial charge in [0.15, 0.2) is 0 Å². The highest BCUT2D eigenvalue weighted by molar-refractivity contribution is 8.18. The van der Waals surface area contributed by atoms with Gasteiger partial charge in [-0.05, 0) is 68.3 Å². The molecule has 0 aromatic heterocycles. The molecule has 3 heterocycles. The molecule has 0 aliphatic carbocycles. The lowest BCUT2D eigenvalue weighted by Crippen LogP contribution is -2.54. The number of aryl methyl sites for hydroxylation is 1. The van der Waals surface area contributed by atoms with Crippen LogP contribution in [0.1, 0.15) is 49.4 Å². The summed E-state index contributed by atoms with van der Waals surface area (Å²) in [6, 6.07) is 11.9. The Morgan fingerprint density at radius 1 is 1.06 bits per heavy atom. The number of rotatable bonds is 1. The van der Waals surface area contributed by atoms with E-state index in [1.54, 1.807) is 0 Å². The molecule has 3 aliphatic rings. The number of anilines is 1. The van der Waals surface area contributed by atoms with E-state index < -0.39 is 16.7 Å². The third-order valence-electron chi connectivity index (χ3n) is 6.48. The minimum atomic E-state index is -0.508. The maximum atomic E-state index is 13.7. The molecular weight excluding hydrogens is 432 g/mol. The molecule has 0 bridgehead atoms. The molecular formula is C24H21ClN2O3S. The number of hydrogen-bond acceptors (Lipinski definition) is 4. The first-order chi connectivity index (χ1) is 14.5. The first kappa shape index (κ1) is 20.3. The van der Waals surface area contributed by atoms with Crippen LogP contribution in [0.25, 0.3) is 5.57 Å². The van der Waals surface area contributed by atoms with Crippen molar-refractivity contribution in [1.82, 2.24) is 5.32 Å². The number of nitrogens with zero attached hydrogens (tertiary/aromatic N) is 1. The summed E-state index contributed by atoms with van der Waals surface area (Å²) in [4.78, 5) is 40.0. The Hall–Kier alpha value is -2.57. The normalized spacial score (nSPS) is 26.4. The first-order valence-corrected chi connectivity index (χ1v) is 11.3. The quantitative estimate of drug-likeness (QED) is 0.605. The molecule has 1 unspecified atom stereocenters. The average Bonchev–Trinajstić information content (AvgIpc) is 3.15. The summed E-state index contributed by atoms with van der Waals surface area (Å²) in [5.74, 6) is -0.732. The monoisotopic (exact) mass is 452 g/mol. The maximum Gasteiger partial charge on any atom is 0.290 e. The van der Waals surface area contributed by atoms with Crippen LogP contribution < -0.4 is 10.2 Å². The Labute approximate surface area is 189 Å². The smallest absolute Gasteiger partial charge is 0.290 e. The number of halogens is 1. The highest BCUT2D eigenvalue weighted by Crippen LogP contribution is 2.57. The van der Waals surface area contributed by atoms with Gasteiger partial charge in [0.1, 0.15) is 0 Å². The van der Waals surface area contributed by atoms with Crippen molar-refractivity contribution in [2.24, 2.45) is 0 Å². The largest absolute Gasteiger partial charge is 0.302 e. The second-order valence-electron chi connectivity index (χ2n) is 9.23. The topological polar surface area (TPSA) is 66.5 Å². The van der Waals surface area contributed by atoms with E-state index in [0.717, 1.165) is 39.7 Å². The van der Waals surface area contributed by atoms with Crippen molar-refractivity contribution in [2.45, 2.75) is 45.1 Å². The van der Waals surface area contributed by atoms with E-state index in [0.29, 0.717) is 17.0 Å². The van der Waals surface area contributed by atoms with Gasteiger partial charge < -0.3 is 4.90 Å². The van der Waals surface area contributed by atoms with Crippen LogP contribution in [0.15, 0.2) is 41.3 Å². The number of imide groups is 1. The Balaban J connectivity index is 1.84. The standard InChI is InChI=1S/C24H21ClN2O3S/c1-12-9-15-17(19-20(28)26-22(30)31-19)21(29)27-18(15)16(10-12)24(4,11-23(27,2)3)13-5-7-14(25)8-6-13/h5-10H,11H2,1-4H3,(H,26,28,30)/b19-17-. The number of benzene rings is 2. The van der Waals surface area contributed by atoms with Crippen molar-refractivity contribution in [1.29, 1.82) is 0 Å². The van der Waals surface area contributed by atoms with Gasteiger partial charge in [-0.25, -0.2) is 0 Å². The third-order valence-corrected chi connectivity index (χ3v) is 7.61. The van der Waals surface area contributed by atoms with Crippen molar-refractivity contribution >= 4 is 51.7 Å². The molecule has 1 N–H and O–H groups in total. The fourth-order valence-electron chi connectivity index (χ4n) is 5.35. The van der Waals surface area contributed by atoms with Gasteiger partial charge in [0.25, 0.3) is 17.1 Å². The molecule has 158 valence electrons. The Bertz CT molecular complexity index is 1230. The van der Waals surface area contributed by atoms with Crippen molar-refractivity contribution < 1.29 is 14.4 Å². The van der Waals surface area contributed by atoms with E-state index in [9.17, 15) is 14.4 Å². The minimum Gasteiger partial charge on any atom is -0.302 e. The van der Waals surface area contributed by atoms with Gasteiger partial charge in [0.05, 0.1) is 16.2 Å². The maximum absolute atomic E-state index is 13.7. The van der Waals surface area contributed by atoms with Crippen molar-refractivity contribution in [3.63, 3.8) is 0 Å². The Morgan fingerprint density at radius 3 is 2.35 bits per heavy atom. The van der Waals surface area contributed by atoms with E-state index in [2.05, 4.69) is 18.3 Å². The van der Waals surface area contributed by atoms with Crippen molar-refractivity contribution in [3.8, 4) is 0 Å². The van der Waals surface area contributed by atoms with Crippen LogP contribution in [0.5, 0.6) is 0 Å². The molecule has 5 rings (SSSR count). The van der Waals surface area contributed by atoms with Crippen LogP contribution in [0.3, 0.4) is 0 Å². The van der Waals surface area contributed by atoms with E-state index in [4.69, 9.17) is 11.6 Å². The summed E-state index contributed by atoms with van der Waals surface area (Å²) in [7, 11) is 0. The molecule has 0 spiro atoms. The summed E-state index contributed by atoms with van der Waals surface area (Å²) in [6.45, 7) is 8.28. The number of thioether (sulfide) groups is 1. The van der Waals surface area contributed by atoms with Crippen LogP contribution in [-0.2, 0) is 15.0 Å². The summed E-state index contributed by atoms with van der Waals surface area (Å²) >= 11 is 6.94. The van der Waals surface area contributed by atoms with E-state index in [1.807, 2.05) is 56.0 Å². The average molecular weight is 453 g/mol. The summed E-state index contributed by atoms with van der Waals surface area (Å²) in [5.41, 5.74) is 4.17. The van der Waals surface area contributed by atoms with E-state index in [1.165, 1.54) is 0 Å². The number of carbonyl (C=O) groups excluding carboxylic acids is 3. The highest BCUT2D eigenvalue weighted by atomic mass is 35.5. The van der Waals surface area contributed by atoms with Gasteiger partial charge in [-0.3, -0.25) is 19.7 Å². The van der Waals surface area contributed by atoms with E-state index in [-0.39, 0.29) is 16.2 Å². The van der Waals surface area contributed by atoms with Crippen molar-refractivity contribution in [3.05, 3.63) is 68.6 Å². The van der Waals surface area contributed by atoms with Gasteiger partial charge >= 0.3 is 0 Å². The molecule has 2 aromatic rings. The molecule has 1 fully saturated rings. The molecule has 5 nitrogen and oxygen atoms in total. The van der Waals surface area contributed by atoms with Crippen LogP contribution >= 0.6 is 23.4 Å². The molecule has 1 atom stereocenters. The lowest BCUT2D eigenvalue weighted by atomic mass is 9.65. The SMILES string of the molecule is Cc1cc2c3c(c1)C(C)(c1ccc(Cl)cc1)CC(C)(C)N3C(=O)/C2=C1\SC(=O)NC1=O. The Morgan fingerprint density at radius 2 is 1.74 bits per heavy atom. The number of nitrogens with one attached hydrogen (secondary N) is 1. The minimum absolute atomic E-state index is 0.182. The number of carbonyl (C=O) groups is 3. The second kappa shape index (κ2) is 6.47. The molecule has 7 heteroatoms. The molecule has 1 saturated heterocycles. The zero-order chi connectivity index (χ0) is 22.3. The molecule has 3 aliphatic heterocycles. The van der Waals surface area contributed by atoms with Gasteiger partial charge in [-0.15, -0.1) is 0 Å². The number of amides is 3. The van der Waals surface area contributed by atoms with Crippen LogP contribution in [-0.4, -0.2) is 22.6 Å². The summed E-state index contributed by atoms with van der Waals surface area (Å²) < 4.78 is 0. The molecule has 2 aromatic carbocycles. The summed E-state index contributed by atoms with van der Waals surface area (Å²) in [5, 5.41) is 2.51. The zero-order valence-electron chi connectivity index (χ0n) is 17.6. The fourth-order valence-corrected chi connectivity index (χ4v) is 6.25. The van der Waals surface area contributed by atoms with Crippen molar-refractivity contribution in [2.75, 3.05) is 4.90 Å². The predicted octanol–water partition coefficient (Wildman–Crippen LogP) is 5.18. The number of hydrogen-bond donors (Lipinski definition) is 1. The van der Waals surface area contributed by atoms with Gasteiger partial charge in [-0.1, -0.05) is 42.3 Å². The van der Waals surface area contributed by atoms with Crippen LogP contribution in [0, 0.1) is 6.92 Å². The lowest BCUT2D eigenvalue weighted by Gasteiger charge is -2.50.